The lowest BCUT2D eigenvalue weighted by atomic mass is 9.93. The molecule has 6 nitrogen and oxygen atoms in total. The third kappa shape index (κ3) is 3.06. The first-order valence-electron chi connectivity index (χ1n) is 6.79. The van der Waals surface area contributed by atoms with Crippen LogP contribution in [-0.4, -0.2) is 24.6 Å². The van der Waals surface area contributed by atoms with Crippen LogP contribution in [0, 0.1) is 27.4 Å². The van der Waals surface area contributed by atoms with Crippen molar-refractivity contribution in [2.75, 3.05) is 24.5 Å². The Morgan fingerprint density at radius 1 is 1.45 bits per heavy atom. The highest BCUT2D eigenvalue weighted by molar-refractivity contribution is 5.65. The van der Waals surface area contributed by atoms with Gasteiger partial charge < -0.3 is 10.6 Å². The maximum Gasteiger partial charge on any atom is 0.293 e. The van der Waals surface area contributed by atoms with Crippen LogP contribution in [0.2, 0.25) is 0 Å². The van der Waals surface area contributed by atoms with Gasteiger partial charge in [0.2, 0.25) is 0 Å². The smallest absolute Gasteiger partial charge is 0.293 e. The Morgan fingerprint density at radius 3 is 2.70 bits per heavy atom. The van der Waals surface area contributed by atoms with Crippen LogP contribution in [0.25, 0.3) is 0 Å². The highest BCUT2D eigenvalue weighted by Gasteiger charge is 2.24. The van der Waals surface area contributed by atoms with Crippen LogP contribution in [0.5, 0.6) is 0 Å². The van der Waals surface area contributed by atoms with Crippen LogP contribution in [-0.2, 0) is 0 Å². The molecule has 1 saturated heterocycles. The predicted molar refractivity (Wildman–Crippen MR) is 76.4 cm³/mol. The second-order valence-corrected chi connectivity index (χ2v) is 5.08. The van der Waals surface area contributed by atoms with Crippen LogP contribution in [0.4, 0.5) is 11.4 Å². The lowest BCUT2D eigenvalue weighted by molar-refractivity contribution is -0.384. The fourth-order valence-electron chi connectivity index (χ4n) is 2.70. The number of nitriles is 1. The van der Waals surface area contributed by atoms with E-state index in [1.54, 1.807) is 12.1 Å². The van der Waals surface area contributed by atoms with Gasteiger partial charge in [-0.1, -0.05) is 0 Å². The molecule has 2 rings (SSSR count). The normalized spacial score (nSPS) is 15.9. The molecule has 0 spiro atoms. The van der Waals surface area contributed by atoms with Crippen molar-refractivity contribution in [1.82, 2.24) is 0 Å². The molecule has 0 atom stereocenters. The highest BCUT2D eigenvalue weighted by Crippen LogP contribution is 2.32. The number of nitrogens with two attached hydrogens (primary N) is 1. The number of piperidine rings is 1. The number of anilines is 1. The number of nitro benzene ring substituents is 1. The first-order valence-corrected chi connectivity index (χ1v) is 6.79. The summed E-state index contributed by atoms with van der Waals surface area (Å²) in [5, 5.41) is 20.0. The van der Waals surface area contributed by atoms with Gasteiger partial charge in [-0.3, -0.25) is 10.1 Å². The third-order valence-electron chi connectivity index (χ3n) is 3.83. The Balaban J connectivity index is 2.17. The van der Waals surface area contributed by atoms with Crippen molar-refractivity contribution in [3.63, 3.8) is 0 Å². The average molecular weight is 274 g/mol. The van der Waals surface area contributed by atoms with E-state index in [9.17, 15) is 10.1 Å². The van der Waals surface area contributed by atoms with E-state index in [4.69, 9.17) is 11.0 Å². The van der Waals surface area contributed by atoms with E-state index in [0.717, 1.165) is 32.4 Å². The maximum absolute atomic E-state index is 11.2. The fourth-order valence-corrected chi connectivity index (χ4v) is 2.70. The van der Waals surface area contributed by atoms with E-state index in [1.165, 1.54) is 6.07 Å². The summed E-state index contributed by atoms with van der Waals surface area (Å²) in [5.74, 6) is 0.619. The molecule has 0 amide bonds. The standard InChI is InChI=1S/C14H18N4O2/c15-6-3-11-4-7-17(8-5-11)13-2-1-12(10-16)9-14(13)18(19)20/h1-2,9,11H,3-8,15H2. The Labute approximate surface area is 117 Å². The lowest BCUT2D eigenvalue weighted by Crippen LogP contribution is -2.34. The minimum atomic E-state index is -0.415. The maximum atomic E-state index is 11.2. The van der Waals surface area contributed by atoms with Crippen molar-refractivity contribution in [3.05, 3.63) is 33.9 Å². The van der Waals surface area contributed by atoms with E-state index in [1.807, 2.05) is 11.0 Å². The second kappa shape index (κ2) is 6.35. The highest BCUT2D eigenvalue weighted by atomic mass is 16.6. The first-order chi connectivity index (χ1) is 9.65. The largest absolute Gasteiger partial charge is 0.366 e. The van der Waals surface area contributed by atoms with Gasteiger partial charge in [-0.05, 0) is 43.9 Å². The van der Waals surface area contributed by atoms with Gasteiger partial charge in [-0.15, -0.1) is 0 Å². The Hall–Kier alpha value is -2.13. The molecule has 1 aromatic carbocycles. The SMILES string of the molecule is N#Cc1ccc(N2CCC(CCN)CC2)c([N+](=O)[O-])c1. The van der Waals surface area contributed by atoms with Gasteiger partial charge >= 0.3 is 0 Å². The van der Waals surface area contributed by atoms with E-state index in [0.29, 0.717) is 23.7 Å². The van der Waals surface area contributed by atoms with Crippen molar-refractivity contribution in [2.45, 2.75) is 19.3 Å². The van der Waals surface area contributed by atoms with Gasteiger partial charge in [0.05, 0.1) is 16.6 Å². The zero-order valence-corrected chi connectivity index (χ0v) is 11.3. The molecule has 20 heavy (non-hydrogen) atoms. The summed E-state index contributed by atoms with van der Waals surface area (Å²) in [6, 6.07) is 6.60. The van der Waals surface area contributed by atoms with Crippen LogP contribution < -0.4 is 10.6 Å². The Kier molecular flexibility index (Phi) is 4.53. The van der Waals surface area contributed by atoms with Crippen molar-refractivity contribution in [3.8, 4) is 6.07 Å². The molecule has 1 heterocycles. The van der Waals surface area contributed by atoms with Crippen molar-refractivity contribution < 1.29 is 4.92 Å². The summed E-state index contributed by atoms with van der Waals surface area (Å²) < 4.78 is 0. The molecule has 0 saturated carbocycles. The fraction of sp³-hybridized carbons (Fsp3) is 0.500. The molecule has 0 aromatic heterocycles. The summed E-state index contributed by atoms with van der Waals surface area (Å²) in [7, 11) is 0. The molecule has 0 bridgehead atoms. The predicted octanol–water partition coefficient (Wildman–Crippen LogP) is 2.03. The van der Waals surface area contributed by atoms with Gasteiger partial charge in [0, 0.05) is 19.2 Å². The second-order valence-electron chi connectivity index (χ2n) is 5.08. The summed E-state index contributed by atoms with van der Waals surface area (Å²) >= 11 is 0. The minimum Gasteiger partial charge on any atom is -0.366 e. The number of nitro groups is 1. The number of rotatable bonds is 4. The summed E-state index contributed by atoms with van der Waals surface area (Å²) in [5.41, 5.74) is 6.51. The zero-order valence-electron chi connectivity index (χ0n) is 11.3. The number of nitrogens with zero attached hydrogens (tertiary/aromatic N) is 3. The van der Waals surface area contributed by atoms with E-state index >= 15 is 0 Å². The third-order valence-corrected chi connectivity index (χ3v) is 3.83. The quantitative estimate of drug-likeness (QED) is 0.669. The summed E-state index contributed by atoms with van der Waals surface area (Å²) in [6.07, 6.45) is 3.03. The molecule has 0 radical (unpaired) electrons. The van der Waals surface area contributed by atoms with Crippen LogP contribution in [0.15, 0.2) is 18.2 Å². The van der Waals surface area contributed by atoms with Crippen molar-refractivity contribution in [2.24, 2.45) is 11.7 Å². The molecular formula is C14H18N4O2. The molecule has 0 unspecified atom stereocenters. The monoisotopic (exact) mass is 274 g/mol. The molecule has 1 aliphatic heterocycles. The van der Waals surface area contributed by atoms with Gasteiger partial charge in [-0.2, -0.15) is 5.26 Å². The molecular weight excluding hydrogens is 256 g/mol. The summed E-state index contributed by atoms with van der Waals surface area (Å²) in [6.45, 7) is 2.30. The van der Waals surface area contributed by atoms with Gasteiger partial charge in [-0.25, -0.2) is 0 Å². The van der Waals surface area contributed by atoms with E-state index in [-0.39, 0.29) is 5.69 Å². The van der Waals surface area contributed by atoms with Gasteiger partial charge in [0.25, 0.3) is 5.69 Å². The van der Waals surface area contributed by atoms with Crippen molar-refractivity contribution in [1.29, 1.82) is 5.26 Å². The van der Waals surface area contributed by atoms with Crippen LogP contribution in [0.1, 0.15) is 24.8 Å². The molecule has 1 fully saturated rings. The van der Waals surface area contributed by atoms with Gasteiger partial charge in [0.15, 0.2) is 0 Å². The van der Waals surface area contributed by atoms with Crippen LogP contribution in [0.3, 0.4) is 0 Å². The molecule has 1 aromatic rings. The van der Waals surface area contributed by atoms with Gasteiger partial charge in [0.1, 0.15) is 5.69 Å². The zero-order chi connectivity index (χ0) is 14.5. The van der Waals surface area contributed by atoms with Crippen molar-refractivity contribution >= 4 is 11.4 Å². The molecule has 0 aliphatic carbocycles. The minimum absolute atomic E-state index is 0.0151. The molecule has 1 aliphatic rings. The summed E-state index contributed by atoms with van der Waals surface area (Å²) in [4.78, 5) is 12.8. The number of hydrogen-bond acceptors (Lipinski definition) is 5. The lowest BCUT2D eigenvalue weighted by Gasteiger charge is -2.33. The topological polar surface area (TPSA) is 96.2 Å². The molecule has 6 heteroatoms. The Morgan fingerprint density at radius 2 is 2.15 bits per heavy atom. The first kappa shape index (κ1) is 14.3. The van der Waals surface area contributed by atoms with E-state index in [2.05, 4.69) is 0 Å². The van der Waals surface area contributed by atoms with Crippen LogP contribution >= 0.6 is 0 Å². The number of hydrogen-bond donors (Lipinski definition) is 1. The van der Waals surface area contributed by atoms with E-state index < -0.39 is 4.92 Å². The number of benzene rings is 1. The molecule has 2 N–H and O–H groups in total. The molecule has 106 valence electrons. The Bertz CT molecular complexity index is 530. The average Bonchev–Trinajstić information content (AvgIpc) is 2.48.